The van der Waals surface area contributed by atoms with Crippen LogP contribution >= 0.6 is 23.2 Å². The number of nitro benzene ring substituents is 1. The van der Waals surface area contributed by atoms with Crippen LogP contribution in [0, 0.1) is 10.1 Å². The maximum atomic E-state index is 12.1. The molecule has 0 radical (unpaired) electrons. The van der Waals surface area contributed by atoms with Crippen molar-refractivity contribution < 1.29 is 9.72 Å². The second-order valence-corrected chi connectivity index (χ2v) is 5.39. The van der Waals surface area contributed by atoms with Crippen molar-refractivity contribution in [2.45, 2.75) is 30.7 Å². The van der Waals surface area contributed by atoms with Gasteiger partial charge in [0.15, 0.2) is 0 Å². The summed E-state index contributed by atoms with van der Waals surface area (Å²) in [6.45, 7) is 0. The van der Waals surface area contributed by atoms with E-state index in [1.54, 1.807) is 0 Å². The Balaban J connectivity index is 2.25. The van der Waals surface area contributed by atoms with Crippen molar-refractivity contribution in [3.8, 4) is 0 Å². The zero-order valence-corrected chi connectivity index (χ0v) is 11.4. The van der Waals surface area contributed by atoms with E-state index in [0.717, 1.165) is 19.3 Å². The van der Waals surface area contributed by atoms with Gasteiger partial charge < -0.3 is 5.32 Å². The van der Waals surface area contributed by atoms with E-state index in [1.165, 1.54) is 18.2 Å². The largest absolute Gasteiger partial charge is 0.348 e. The summed E-state index contributed by atoms with van der Waals surface area (Å²) in [5.74, 6) is -0.546. The molecule has 1 saturated carbocycles. The number of carbonyl (C=O) groups excluding carboxylic acids is 1. The lowest BCUT2D eigenvalue weighted by atomic mass is 10.1. The summed E-state index contributed by atoms with van der Waals surface area (Å²) in [6.07, 6.45) is 2.54. The summed E-state index contributed by atoms with van der Waals surface area (Å²) in [5, 5.41) is 13.6. The molecule has 1 aromatic rings. The molecule has 0 aliphatic heterocycles. The van der Waals surface area contributed by atoms with Gasteiger partial charge in [-0.3, -0.25) is 14.9 Å². The number of rotatable bonds is 3. The van der Waals surface area contributed by atoms with E-state index in [0.29, 0.717) is 0 Å². The van der Waals surface area contributed by atoms with Crippen LogP contribution in [0.1, 0.15) is 29.6 Å². The number of nitro groups is 1. The second-order valence-electron chi connectivity index (χ2n) is 4.42. The number of nitrogens with zero attached hydrogens (tertiary/aromatic N) is 1. The Morgan fingerprint density at radius 2 is 2.16 bits per heavy atom. The summed E-state index contributed by atoms with van der Waals surface area (Å²) >= 11 is 12.0. The Morgan fingerprint density at radius 1 is 1.42 bits per heavy atom. The number of carbonyl (C=O) groups is 1. The first-order valence-electron chi connectivity index (χ1n) is 5.88. The third-order valence-electron chi connectivity index (χ3n) is 3.16. The van der Waals surface area contributed by atoms with Crippen molar-refractivity contribution in [1.82, 2.24) is 5.32 Å². The minimum Gasteiger partial charge on any atom is -0.348 e. The van der Waals surface area contributed by atoms with E-state index in [9.17, 15) is 14.9 Å². The number of halogens is 2. The zero-order valence-electron chi connectivity index (χ0n) is 9.94. The van der Waals surface area contributed by atoms with E-state index in [2.05, 4.69) is 5.32 Å². The maximum absolute atomic E-state index is 12.1. The molecule has 1 N–H and O–H groups in total. The molecule has 2 unspecified atom stereocenters. The fourth-order valence-corrected chi connectivity index (χ4v) is 2.81. The topological polar surface area (TPSA) is 72.2 Å². The maximum Gasteiger partial charge on any atom is 0.283 e. The first-order valence-corrected chi connectivity index (χ1v) is 6.70. The molecule has 0 aromatic heterocycles. The Bertz CT molecular complexity index is 522. The highest BCUT2D eigenvalue weighted by atomic mass is 35.5. The summed E-state index contributed by atoms with van der Waals surface area (Å²) in [7, 11) is 0. The van der Waals surface area contributed by atoms with Crippen LogP contribution in [0.2, 0.25) is 5.02 Å². The van der Waals surface area contributed by atoms with Crippen LogP contribution in [0.3, 0.4) is 0 Å². The van der Waals surface area contributed by atoms with E-state index in [4.69, 9.17) is 23.2 Å². The smallest absolute Gasteiger partial charge is 0.283 e. The molecule has 0 bridgehead atoms. The van der Waals surface area contributed by atoms with Gasteiger partial charge in [0.1, 0.15) is 5.56 Å². The van der Waals surface area contributed by atoms with E-state index in [-0.39, 0.29) is 27.7 Å². The third-order valence-corrected chi connectivity index (χ3v) is 4.00. The van der Waals surface area contributed by atoms with Crippen molar-refractivity contribution in [2.75, 3.05) is 0 Å². The van der Waals surface area contributed by atoms with Gasteiger partial charge in [0.25, 0.3) is 11.6 Å². The molecule has 2 rings (SSSR count). The minimum absolute atomic E-state index is 0.0656. The van der Waals surface area contributed by atoms with E-state index >= 15 is 0 Å². The van der Waals surface area contributed by atoms with Crippen LogP contribution < -0.4 is 5.32 Å². The molecule has 1 amide bonds. The number of alkyl halides is 1. The number of hydrogen-bond acceptors (Lipinski definition) is 3. The molecule has 19 heavy (non-hydrogen) atoms. The van der Waals surface area contributed by atoms with Crippen LogP contribution in [0.15, 0.2) is 18.2 Å². The Hall–Kier alpha value is -1.33. The number of nitrogens with one attached hydrogen (secondary N) is 1. The van der Waals surface area contributed by atoms with Gasteiger partial charge >= 0.3 is 0 Å². The monoisotopic (exact) mass is 302 g/mol. The minimum atomic E-state index is -0.617. The number of amides is 1. The first kappa shape index (κ1) is 14.1. The summed E-state index contributed by atoms with van der Waals surface area (Å²) in [4.78, 5) is 22.4. The predicted octanol–water partition coefficient (Wildman–Crippen LogP) is 3.14. The van der Waals surface area contributed by atoms with Gasteiger partial charge in [0.2, 0.25) is 0 Å². The predicted molar refractivity (Wildman–Crippen MR) is 72.9 cm³/mol. The van der Waals surface area contributed by atoms with Crippen LogP contribution in [-0.2, 0) is 0 Å². The van der Waals surface area contributed by atoms with Gasteiger partial charge in [-0.2, -0.15) is 0 Å². The molecule has 102 valence electrons. The van der Waals surface area contributed by atoms with Gasteiger partial charge in [-0.25, -0.2) is 0 Å². The fraction of sp³-hybridized carbons (Fsp3) is 0.417. The van der Waals surface area contributed by atoms with Gasteiger partial charge in [0, 0.05) is 12.1 Å². The van der Waals surface area contributed by atoms with Crippen LogP contribution in [0.4, 0.5) is 5.69 Å². The molecule has 7 heteroatoms. The van der Waals surface area contributed by atoms with Crippen LogP contribution in [-0.4, -0.2) is 22.2 Å². The lowest BCUT2D eigenvalue weighted by Crippen LogP contribution is -2.38. The fourth-order valence-electron chi connectivity index (χ4n) is 2.21. The highest BCUT2D eigenvalue weighted by molar-refractivity contribution is 6.34. The van der Waals surface area contributed by atoms with Crippen LogP contribution in [0.25, 0.3) is 0 Å². The zero-order chi connectivity index (χ0) is 14.0. The summed E-state index contributed by atoms with van der Waals surface area (Å²) in [6, 6.07) is 3.99. The molecule has 1 fully saturated rings. The van der Waals surface area contributed by atoms with Crippen molar-refractivity contribution in [3.05, 3.63) is 38.9 Å². The van der Waals surface area contributed by atoms with Gasteiger partial charge in [0.05, 0.1) is 15.3 Å². The standard InChI is InChI=1S/C12H12Cl2N2O3/c13-7-3-1-5-9(7)15-12(17)11-8(14)4-2-6-10(11)16(18)19/h2,4,6-7,9H,1,3,5H2,(H,15,17). The van der Waals surface area contributed by atoms with E-state index < -0.39 is 10.8 Å². The Morgan fingerprint density at radius 3 is 2.74 bits per heavy atom. The average Bonchev–Trinajstić information content (AvgIpc) is 2.74. The SMILES string of the molecule is O=C(NC1CCCC1Cl)c1c(Cl)cccc1[N+](=O)[O-]. The summed E-state index contributed by atoms with van der Waals surface area (Å²) in [5.41, 5.74) is -0.404. The number of hydrogen-bond donors (Lipinski definition) is 1. The first-order chi connectivity index (χ1) is 9.00. The Kier molecular flexibility index (Phi) is 4.27. The highest BCUT2D eigenvalue weighted by Crippen LogP contribution is 2.28. The average molecular weight is 303 g/mol. The lowest BCUT2D eigenvalue weighted by Gasteiger charge is -2.16. The quantitative estimate of drug-likeness (QED) is 0.529. The molecular weight excluding hydrogens is 291 g/mol. The molecule has 0 saturated heterocycles. The summed E-state index contributed by atoms with van der Waals surface area (Å²) < 4.78 is 0. The lowest BCUT2D eigenvalue weighted by molar-refractivity contribution is -0.385. The normalized spacial score (nSPS) is 22.2. The molecule has 2 atom stereocenters. The van der Waals surface area contributed by atoms with Gasteiger partial charge in [-0.15, -0.1) is 11.6 Å². The van der Waals surface area contributed by atoms with Crippen molar-refractivity contribution >= 4 is 34.8 Å². The van der Waals surface area contributed by atoms with Crippen molar-refractivity contribution in [1.29, 1.82) is 0 Å². The molecular formula is C12H12Cl2N2O3. The van der Waals surface area contributed by atoms with Crippen molar-refractivity contribution in [2.24, 2.45) is 0 Å². The molecule has 1 aromatic carbocycles. The Labute approximate surface area is 120 Å². The molecule has 5 nitrogen and oxygen atoms in total. The number of benzene rings is 1. The van der Waals surface area contributed by atoms with E-state index in [1.807, 2.05) is 0 Å². The van der Waals surface area contributed by atoms with Crippen LogP contribution in [0.5, 0.6) is 0 Å². The molecule has 0 spiro atoms. The van der Waals surface area contributed by atoms with Gasteiger partial charge in [-0.05, 0) is 25.3 Å². The third kappa shape index (κ3) is 2.98. The highest BCUT2D eigenvalue weighted by Gasteiger charge is 2.30. The molecule has 0 heterocycles. The van der Waals surface area contributed by atoms with Gasteiger partial charge in [-0.1, -0.05) is 17.7 Å². The molecule has 1 aliphatic rings. The molecule has 1 aliphatic carbocycles. The second kappa shape index (κ2) is 5.75. The van der Waals surface area contributed by atoms with Crippen molar-refractivity contribution in [3.63, 3.8) is 0 Å².